The van der Waals surface area contributed by atoms with Gasteiger partial charge in [-0.25, -0.2) is 0 Å². The standard InChI is InChI=1S/C26H48Br2O4S2/c1-23(27)25(29)31-19-15-11-7-3-5-9-13-17-21-33-34-22-18-14-10-6-4-8-12-16-20-32-26(30)24(2)28/h23-24H,3-22H2,1-2H3. The second-order valence-electron chi connectivity index (χ2n) is 8.87. The van der Waals surface area contributed by atoms with Gasteiger partial charge in [-0.3, -0.25) is 9.59 Å². The highest BCUT2D eigenvalue weighted by Gasteiger charge is 2.09. The molecule has 0 aliphatic heterocycles. The van der Waals surface area contributed by atoms with Gasteiger partial charge in [0.15, 0.2) is 0 Å². The van der Waals surface area contributed by atoms with E-state index in [0.29, 0.717) is 13.2 Å². The van der Waals surface area contributed by atoms with Gasteiger partial charge in [0.05, 0.1) is 13.2 Å². The predicted octanol–water partition coefficient (Wildman–Crippen LogP) is 9.26. The molecule has 0 radical (unpaired) electrons. The topological polar surface area (TPSA) is 52.6 Å². The van der Waals surface area contributed by atoms with E-state index in [-0.39, 0.29) is 21.6 Å². The van der Waals surface area contributed by atoms with E-state index in [4.69, 9.17) is 9.47 Å². The van der Waals surface area contributed by atoms with Gasteiger partial charge in [0, 0.05) is 11.5 Å². The minimum Gasteiger partial charge on any atom is -0.465 e. The molecule has 0 amide bonds. The molecule has 34 heavy (non-hydrogen) atoms. The van der Waals surface area contributed by atoms with Gasteiger partial charge in [0.1, 0.15) is 9.65 Å². The first-order chi connectivity index (χ1) is 16.4. The van der Waals surface area contributed by atoms with E-state index in [1.165, 1.54) is 88.6 Å². The number of carbonyl (C=O) groups is 2. The summed E-state index contributed by atoms with van der Waals surface area (Å²) >= 11 is 6.44. The lowest BCUT2D eigenvalue weighted by Gasteiger charge is -2.06. The van der Waals surface area contributed by atoms with Crippen molar-refractivity contribution in [3.63, 3.8) is 0 Å². The Hall–Kier alpha value is 0.600. The van der Waals surface area contributed by atoms with Crippen molar-refractivity contribution in [1.82, 2.24) is 0 Å². The number of hydrogen-bond donors (Lipinski definition) is 0. The fraction of sp³-hybridized carbons (Fsp3) is 0.923. The molecule has 0 rings (SSSR count). The van der Waals surface area contributed by atoms with E-state index in [9.17, 15) is 9.59 Å². The highest BCUT2D eigenvalue weighted by molar-refractivity contribution is 9.10. The van der Waals surface area contributed by atoms with Gasteiger partial charge in [-0.05, 0) is 39.5 Å². The summed E-state index contributed by atoms with van der Waals surface area (Å²) in [6, 6.07) is 0. The Morgan fingerprint density at radius 1 is 0.529 bits per heavy atom. The van der Waals surface area contributed by atoms with Crippen LogP contribution in [0.25, 0.3) is 0 Å². The van der Waals surface area contributed by atoms with E-state index in [1.54, 1.807) is 13.8 Å². The summed E-state index contributed by atoms with van der Waals surface area (Å²) in [5.74, 6) is 2.26. The van der Waals surface area contributed by atoms with Gasteiger partial charge < -0.3 is 9.47 Å². The first kappa shape index (κ1) is 34.6. The van der Waals surface area contributed by atoms with Crippen LogP contribution < -0.4 is 0 Å². The first-order valence-electron chi connectivity index (χ1n) is 13.3. The second-order valence-corrected chi connectivity index (χ2v) is 14.3. The largest absolute Gasteiger partial charge is 0.465 e. The molecular weight excluding hydrogens is 600 g/mol. The second kappa shape index (κ2) is 26.7. The maximum absolute atomic E-state index is 11.3. The maximum Gasteiger partial charge on any atom is 0.319 e. The summed E-state index contributed by atoms with van der Waals surface area (Å²) < 4.78 is 10.3. The van der Waals surface area contributed by atoms with Crippen LogP contribution in [0.4, 0.5) is 0 Å². The van der Waals surface area contributed by atoms with Gasteiger partial charge in [-0.2, -0.15) is 0 Å². The highest BCUT2D eigenvalue weighted by Crippen LogP contribution is 2.25. The van der Waals surface area contributed by atoms with Crippen LogP contribution in [-0.2, 0) is 19.1 Å². The van der Waals surface area contributed by atoms with Crippen LogP contribution in [-0.4, -0.2) is 46.3 Å². The van der Waals surface area contributed by atoms with Crippen molar-refractivity contribution in [1.29, 1.82) is 0 Å². The minimum atomic E-state index is -0.199. The van der Waals surface area contributed by atoms with Gasteiger partial charge in [0.25, 0.3) is 0 Å². The normalized spacial score (nSPS) is 12.9. The van der Waals surface area contributed by atoms with E-state index >= 15 is 0 Å². The Morgan fingerprint density at radius 3 is 1.09 bits per heavy atom. The molecular formula is C26H48Br2O4S2. The number of alkyl halides is 2. The summed E-state index contributed by atoms with van der Waals surface area (Å²) in [5.41, 5.74) is 0. The smallest absolute Gasteiger partial charge is 0.319 e. The maximum atomic E-state index is 11.3. The molecule has 0 aromatic rings. The third-order valence-corrected chi connectivity index (χ3v) is 8.79. The van der Waals surface area contributed by atoms with E-state index in [0.717, 1.165) is 25.7 Å². The fourth-order valence-corrected chi connectivity index (χ4v) is 5.90. The Morgan fingerprint density at radius 2 is 0.794 bits per heavy atom. The Balaban J connectivity index is 3.10. The van der Waals surface area contributed by atoms with E-state index in [2.05, 4.69) is 53.4 Å². The van der Waals surface area contributed by atoms with Crippen LogP contribution >= 0.6 is 53.4 Å². The van der Waals surface area contributed by atoms with Crippen molar-refractivity contribution in [2.75, 3.05) is 24.7 Å². The summed E-state index contributed by atoms with van der Waals surface area (Å²) in [6.07, 6.45) is 20.1. The molecule has 0 saturated heterocycles. The minimum absolute atomic E-state index is 0.155. The molecule has 0 aliphatic carbocycles. The quantitative estimate of drug-likeness (QED) is 0.0426. The molecule has 0 saturated carbocycles. The number of hydrogen-bond acceptors (Lipinski definition) is 6. The monoisotopic (exact) mass is 646 g/mol. The van der Waals surface area contributed by atoms with Gasteiger partial charge in [0.2, 0.25) is 0 Å². The lowest BCUT2D eigenvalue weighted by molar-refractivity contribution is -0.143. The Kier molecular flexibility index (Phi) is 27.1. The van der Waals surface area contributed by atoms with Crippen LogP contribution in [0.3, 0.4) is 0 Å². The SMILES string of the molecule is CC(Br)C(=O)OCCCCCCCCCCSSCCCCCCCCCCOC(=O)C(C)Br. The summed E-state index contributed by atoms with van der Waals surface area (Å²) in [6.45, 7) is 4.71. The molecule has 0 fully saturated rings. The van der Waals surface area contributed by atoms with Crippen LogP contribution in [0.1, 0.15) is 117 Å². The van der Waals surface area contributed by atoms with Crippen molar-refractivity contribution in [2.24, 2.45) is 0 Å². The Labute approximate surface area is 234 Å². The molecule has 0 bridgehead atoms. The number of rotatable bonds is 25. The van der Waals surface area contributed by atoms with E-state index < -0.39 is 0 Å². The summed E-state index contributed by atoms with van der Waals surface area (Å²) in [5, 5.41) is 0. The molecule has 0 spiro atoms. The van der Waals surface area contributed by atoms with E-state index in [1.807, 2.05) is 0 Å². The molecule has 8 heteroatoms. The predicted molar refractivity (Wildman–Crippen MR) is 157 cm³/mol. The summed E-state index contributed by atoms with van der Waals surface area (Å²) in [7, 11) is 4.10. The molecule has 202 valence electrons. The van der Waals surface area contributed by atoms with Crippen molar-refractivity contribution in [3.8, 4) is 0 Å². The molecule has 0 aliphatic rings. The Bertz CT molecular complexity index is 438. The third kappa shape index (κ3) is 25.7. The first-order valence-corrected chi connectivity index (χ1v) is 17.6. The van der Waals surface area contributed by atoms with Crippen molar-refractivity contribution >= 4 is 65.4 Å². The van der Waals surface area contributed by atoms with Gasteiger partial charge in [-0.1, -0.05) is 130 Å². The molecule has 0 aromatic heterocycles. The number of ether oxygens (including phenoxy) is 2. The average molecular weight is 649 g/mol. The number of carbonyl (C=O) groups excluding carboxylic acids is 2. The van der Waals surface area contributed by atoms with Crippen molar-refractivity contribution < 1.29 is 19.1 Å². The summed E-state index contributed by atoms with van der Waals surface area (Å²) in [4.78, 5) is 22.2. The van der Waals surface area contributed by atoms with Crippen LogP contribution in [0.15, 0.2) is 0 Å². The van der Waals surface area contributed by atoms with Crippen LogP contribution in [0.2, 0.25) is 0 Å². The van der Waals surface area contributed by atoms with Crippen LogP contribution in [0.5, 0.6) is 0 Å². The lowest BCUT2D eigenvalue weighted by atomic mass is 10.1. The molecule has 2 unspecified atom stereocenters. The lowest BCUT2D eigenvalue weighted by Crippen LogP contribution is -2.14. The molecule has 2 atom stereocenters. The molecule has 0 aromatic carbocycles. The molecule has 0 N–H and O–H groups in total. The van der Waals surface area contributed by atoms with Crippen LogP contribution in [0, 0.1) is 0 Å². The van der Waals surface area contributed by atoms with Crippen molar-refractivity contribution in [2.45, 2.75) is 126 Å². The zero-order valence-electron chi connectivity index (χ0n) is 21.5. The van der Waals surface area contributed by atoms with Gasteiger partial charge >= 0.3 is 11.9 Å². The fourth-order valence-electron chi connectivity index (χ4n) is 3.34. The van der Waals surface area contributed by atoms with Gasteiger partial charge in [-0.15, -0.1) is 0 Å². The third-order valence-electron chi connectivity index (χ3n) is 5.47. The van der Waals surface area contributed by atoms with Crippen molar-refractivity contribution in [3.05, 3.63) is 0 Å². The highest BCUT2D eigenvalue weighted by atomic mass is 79.9. The zero-order valence-corrected chi connectivity index (χ0v) is 26.3. The molecule has 0 heterocycles. The number of unbranched alkanes of at least 4 members (excludes halogenated alkanes) is 14. The molecule has 4 nitrogen and oxygen atoms in total. The zero-order chi connectivity index (χ0) is 25.3. The number of esters is 2. The number of halogens is 2. The average Bonchev–Trinajstić information content (AvgIpc) is 2.81.